The molecule has 0 spiro atoms. The molecule has 2 heterocycles. The molecule has 1 fully saturated rings. The van der Waals surface area contributed by atoms with Crippen LogP contribution in [0.4, 0.5) is 5.69 Å². The van der Waals surface area contributed by atoms with Crippen LogP contribution in [0.15, 0.2) is 42.6 Å². The number of amides is 3. The molecule has 3 rings (SSSR count). The van der Waals surface area contributed by atoms with Gasteiger partial charge in [0, 0.05) is 31.9 Å². The molecule has 0 aliphatic carbocycles. The van der Waals surface area contributed by atoms with Crippen molar-refractivity contribution in [2.75, 3.05) is 18.1 Å². The van der Waals surface area contributed by atoms with Crippen molar-refractivity contribution in [3.05, 3.63) is 53.9 Å². The molecule has 3 amide bonds. The van der Waals surface area contributed by atoms with Crippen LogP contribution in [-0.4, -0.2) is 41.4 Å². The van der Waals surface area contributed by atoms with Crippen LogP contribution >= 0.6 is 0 Å². The Labute approximate surface area is 168 Å². The van der Waals surface area contributed by atoms with Crippen LogP contribution in [0, 0.1) is 5.92 Å². The van der Waals surface area contributed by atoms with Gasteiger partial charge in [-0.25, -0.2) is 0 Å². The van der Waals surface area contributed by atoms with Gasteiger partial charge in [-0.1, -0.05) is 25.1 Å². The molecule has 1 aromatic carbocycles. The zero-order chi connectivity index (χ0) is 21.0. The van der Waals surface area contributed by atoms with E-state index in [-0.39, 0.29) is 18.9 Å². The Bertz CT molecular complexity index is 949. The van der Waals surface area contributed by atoms with Crippen LogP contribution in [0.1, 0.15) is 29.4 Å². The van der Waals surface area contributed by atoms with Crippen molar-refractivity contribution in [3.8, 4) is 0 Å². The summed E-state index contributed by atoms with van der Waals surface area (Å²) in [5.74, 6) is -2.73. The molecule has 1 N–H and O–H groups in total. The van der Waals surface area contributed by atoms with Gasteiger partial charge < -0.3 is 14.2 Å². The van der Waals surface area contributed by atoms with E-state index in [0.29, 0.717) is 5.69 Å². The zero-order valence-corrected chi connectivity index (χ0v) is 16.4. The van der Waals surface area contributed by atoms with Crippen molar-refractivity contribution >= 4 is 29.4 Å². The first-order valence-electron chi connectivity index (χ1n) is 9.41. The van der Waals surface area contributed by atoms with Gasteiger partial charge in [0.1, 0.15) is 5.69 Å². The smallest absolute Gasteiger partial charge is 0.311 e. The summed E-state index contributed by atoms with van der Waals surface area (Å²) < 4.78 is 6.61. The van der Waals surface area contributed by atoms with Gasteiger partial charge in [-0.3, -0.25) is 24.5 Å². The summed E-state index contributed by atoms with van der Waals surface area (Å²) >= 11 is 0. The highest BCUT2D eigenvalue weighted by molar-refractivity contribution is 6.04. The van der Waals surface area contributed by atoms with Crippen LogP contribution < -0.4 is 10.2 Å². The van der Waals surface area contributed by atoms with Crippen molar-refractivity contribution in [3.63, 3.8) is 0 Å². The van der Waals surface area contributed by atoms with Crippen molar-refractivity contribution < 1.29 is 23.9 Å². The van der Waals surface area contributed by atoms with Crippen molar-refractivity contribution in [1.82, 2.24) is 9.88 Å². The fraction of sp³-hybridized carbons (Fsp3) is 0.333. The fourth-order valence-electron chi connectivity index (χ4n) is 3.35. The summed E-state index contributed by atoms with van der Waals surface area (Å²) in [7, 11) is 1.68. The minimum absolute atomic E-state index is 0.0286. The number of aromatic nitrogens is 1. The third kappa shape index (κ3) is 4.53. The number of para-hydroxylation sites is 1. The third-order valence-electron chi connectivity index (χ3n) is 4.90. The van der Waals surface area contributed by atoms with Crippen molar-refractivity contribution in [2.24, 2.45) is 13.0 Å². The summed E-state index contributed by atoms with van der Waals surface area (Å²) in [6.45, 7) is 1.63. The van der Waals surface area contributed by atoms with Crippen molar-refractivity contribution in [2.45, 2.75) is 19.8 Å². The molecular formula is C21H23N3O5. The molecule has 1 aliphatic heterocycles. The Morgan fingerprint density at radius 2 is 1.93 bits per heavy atom. The van der Waals surface area contributed by atoms with Gasteiger partial charge in [0.15, 0.2) is 6.61 Å². The van der Waals surface area contributed by atoms with Crippen LogP contribution in [0.5, 0.6) is 0 Å². The minimum Gasteiger partial charge on any atom is -0.455 e. The first kappa shape index (κ1) is 20.3. The average Bonchev–Trinajstić information content (AvgIpc) is 3.31. The lowest BCUT2D eigenvalue weighted by Crippen LogP contribution is -2.36. The van der Waals surface area contributed by atoms with Gasteiger partial charge in [0.25, 0.3) is 11.8 Å². The van der Waals surface area contributed by atoms with E-state index in [4.69, 9.17) is 4.74 Å². The second-order valence-corrected chi connectivity index (χ2v) is 6.88. The van der Waals surface area contributed by atoms with E-state index in [9.17, 15) is 19.2 Å². The van der Waals surface area contributed by atoms with E-state index >= 15 is 0 Å². The Kier molecular flexibility index (Phi) is 6.11. The summed E-state index contributed by atoms with van der Waals surface area (Å²) in [6.07, 6.45) is 2.48. The molecule has 8 heteroatoms. The first-order valence-corrected chi connectivity index (χ1v) is 9.41. The number of carbonyl (C=O) groups is 4. The quantitative estimate of drug-likeness (QED) is 0.744. The Morgan fingerprint density at radius 1 is 1.17 bits per heavy atom. The number of hydrogen-bond donors (Lipinski definition) is 1. The summed E-state index contributed by atoms with van der Waals surface area (Å²) in [5.41, 5.74) is 2.13. The standard InChI is InChI=1S/C21H23N3O5/c1-3-14-7-4-5-8-16(14)24-12-15(11-19(24)26)21(28)29-13-18(25)22-20(27)17-9-6-10-23(17)2/h4-10,15H,3,11-13H2,1-2H3,(H,22,25,27). The molecule has 0 saturated carbocycles. The second kappa shape index (κ2) is 8.72. The number of anilines is 1. The van der Waals surface area contributed by atoms with Gasteiger partial charge in [-0.2, -0.15) is 0 Å². The molecule has 0 radical (unpaired) electrons. The van der Waals surface area contributed by atoms with Gasteiger partial charge in [-0.05, 0) is 30.2 Å². The molecule has 29 heavy (non-hydrogen) atoms. The molecular weight excluding hydrogens is 374 g/mol. The maximum atomic E-state index is 12.4. The van der Waals surface area contributed by atoms with E-state index in [1.54, 1.807) is 34.8 Å². The maximum Gasteiger partial charge on any atom is 0.311 e. The van der Waals surface area contributed by atoms with E-state index in [2.05, 4.69) is 5.32 Å². The number of nitrogens with one attached hydrogen (secondary N) is 1. The van der Waals surface area contributed by atoms with Gasteiger partial charge >= 0.3 is 5.97 Å². The molecule has 152 valence electrons. The number of aryl methyl sites for hydroxylation is 2. The van der Waals surface area contributed by atoms with Crippen LogP contribution in [0.2, 0.25) is 0 Å². The van der Waals surface area contributed by atoms with Crippen LogP contribution in [-0.2, 0) is 32.6 Å². The number of hydrogen-bond acceptors (Lipinski definition) is 5. The number of carbonyl (C=O) groups excluding carboxylic acids is 4. The summed E-state index contributed by atoms with van der Waals surface area (Å²) in [6, 6.07) is 10.8. The number of ether oxygens (including phenoxy) is 1. The van der Waals surface area contributed by atoms with Crippen molar-refractivity contribution in [1.29, 1.82) is 0 Å². The molecule has 0 bridgehead atoms. The molecule has 1 aliphatic rings. The Morgan fingerprint density at radius 3 is 2.62 bits per heavy atom. The SMILES string of the molecule is CCc1ccccc1N1CC(C(=O)OCC(=O)NC(=O)c2cccn2C)CC1=O. The third-order valence-corrected chi connectivity index (χ3v) is 4.90. The Hall–Kier alpha value is -3.42. The van der Waals surface area contributed by atoms with E-state index in [1.807, 2.05) is 31.2 Å². The molecule has 1 aromatic heterocycles. The molecule has 8 nitrogen and oxygen atoms in total. The average molecular weight is 397 g/mol. The largest absolute Gasteiger partial charge is 0.455 e. The lowest BCUT2D eigenvalue weighted by Gasteiger charge is -2.19. The van der Waals surface area contributed by atoms with Crippen LogP contribution in [0.3, 0.4) is 0 Å². The molecule has 1 unspecified atom stereocenters. The molecule has 2 aromatic rings. The lowest BCUT2D eigenvalue weighted by atomic mass is 10.1. The lowest BCUT2D eigenvalue weighted by molar-refractivity contribution is -0.152. The highest BCUT2D eigenvalue weighted by Crippen LogP contribution is 2.29. The minimum atomic E-state index is -0.720. The zero-order valence-electron chi connectivity index (χ0n) is 16.4. The van der Waals surface area contributed by atoms with Crippen LogP contribution in [0.25, 0.3) is 0 Å². The number of imide groups is 1. The van der Waals surface area contributed by atoms with Gasteiger partial charge in [0.05, 0.1) is 5.92 Å². The highest BCUT2D eigenvalue weighted by Gasteiger charge is 2.37. The molecule has 1 atom stereocenters. The predicted octanol–water partition coefficient (Wildman–Crippen LogP) is 1.44. The topological polar surface area (TPSA) is 97.7 Å². The Balaban J connectivity index is 1.54. The molecule has 1 saturated heterocycles. The summed E-state index contributed by atoms with van der Waals surface area (Å²) in [4.78, 5) is 50.2. The second-order valence-electron chi connectivity index (χ2n) is 6.88. The number of nitrogens with zero attached hydrogens (tertiary/aromatic N) is 2. The predicted molar refractivity (Wildman–Crippen MR) is 105 cm³/mol. The summed E-state index contributed by atoms with van der Waals surface area (Å²) in [5, 5.41) is 2.17. The maximum absolute atomic E-state index is 12.4. The fourth-order valence-corrected chi connectivity index (χ4v) is 3.35. The van der Waals surface area contributed by atoms with E-state index in [1.165, 1.54) is 0 Å². The van der Waals surface area contributed by atoms with Gasteiger partial charge in [-0.15, -0.1) is 0 Å². The highest BCUT2D eigenvalue weighted by atomic mass is 16.5. The monoisotopic (exact) mass is 397 g/mol. The van der Waals surface area contributed by atoms with E-state index < -0.39 is 30.3 Å². The van der Waals surface area contributed by atoms with E-state index in [0.717, 1.165) is 17.7 Å². The van der Waals surface area contributed by atoms with Gasteiger partial charge in [0.2, 0.25) is 5.91 Å². The number of rotatable bonds is 6. The number of esters is 1. The number of benzene rings is 1. The first-order chi connectivity index (χ1) is 13.9. The normalized spacial score (nSPS) is 16.0.